The predicted molar refractivity (Wildman–Crippen MR) is 55.5 cm³/mol. The molecule has 3 heteroatoms. The Labute approximate surface area is 84.6 Å². The van der Waals surface area contributed by atoms with Gasteiger partial charge in [-0.2, -0.15) is 0 Å². The van der Waals surface area contributed by atoms with Gasteiger partial charge in [-0.1, -0.05) is 20.8 Å². The van der Waals surface area contributed by atoms with E-state index in [0.29, 0.717) is 5.92 Å². The van der Waals surface area contributed by atoms with Gasteiger partial charge in [0.05, 0.1) is 6.20 Å². The molecule has 1 N–H and O–H groups in total. The van der Waals surface area contributed by atoms with Crippen LogP contribution >= 0.6 is 0 Å². The van der Waals surface area contributed by atoms with E-state index in [4.69, 9.17) is 0 Å². The molecule has 1 unspecified atom stereocenters. The van der Waals surface area contributed by atoms with E-state index in [-0.39, 0.29) is 11.9 Å². The fourth-order valence-corrected chi connectivity index (χ4v) is 1.56. The van der Waals surface area contributed by atoms with E-state index in [1.54, 1.807) is 12.3 Å². The fraction of sp³-hybridized carbons (Fsp3) is 0.545. The molecule has 0 spiro atoms. The van der Waals surface area contributed by atoms with Gasteiger partial charge in [-0.3, -0.25) is 4.98 Å². The van der Waals surface area contributed by atoms with Crippen LogP contribution < -0.4 is 5.32 Å². The molecular formula is C11H17FN2. The average molecular weight is 196 g/mol. The Morgan fingerprint density at radius 3 is 2.64 bits per heavy atom. The van der Waals surface area contributed by atoms with E-state index in [1.807, 2.05) is 6.92 Å². The summed E-state index contributed by atoms with van der Waals surface area (Å²) in [5.74, 6) is 0.157. The Balaban J connectivity index is 2.87. The number of nitrogens with one attached hydrogen (secondary N) is 1. The number of hydrogen-bond donors (Lipinski definition) is 1. The van der Waals surface area contributed by atoms with Crippen molar-refractivity contribution < 1.29 is 4.39 Å². The van der Waals surface area contributed by atoms with E-state index < -0.39 is 0 Å². The highest BCUT2D eigenvalue weighted by atomic mass is 19.1. The monoisotopic (exact) mass is 196 g/mol. The molecule has 1 atom stereocenters. The van der Waals surface area contributed by atoms with Crippen molar-refractivity contribution in [1.29, 1.82) is 0 Å². The number of nitrogens with zero attached hydrogens (tertiary/aromatic N) is 1. The Hall–Kier alpha value is -0.960. The first-order valence-electron chi connectivity index (χ1n) is 4.99. The zero-order chi connectivity index (χ0) is 10.6. The minimum absolute atomic E-state index is 0.184. The third-order valence-corrected chi connectivity index (χ3v) is 2.18. The maximum Gasteiger partial charge on any atom is 0.141 e. The third-order valence-electron chi connectivity index (χ3n) is 2.18. The second kappa shape index (κ2) is 5.05. The van der Waals surface area contributed by atoms with E-state index >= 15 is 0 Å². The van der Waals surface area contributed by atoms with Gasteiger partial charge < -0.3 is 5.32 Å². The fourth-order valence-electron chi connectivity index (χ4n) is 1.56. The molecule has 0 amide bonds. The SMILES string of the molecule is CCNC(c1cncc(F)c1)C(C)C. The molecule has 1 rings (SSSR count). The van der Waals surface area contributed by atoms with Crippen LogP contribution in [0.4, 0.5) is 4.39 Å². The third kappa shape index (κ3) is 2.77. The number of aromatic nitrogens is 1. The lowest BCUT2D eigenvalue weighted by molar-refractivity contribution is 0.418. The Morgan fingerprint density at radius 1 is 1.43 bits per heavy atom. The van der Waals surface area contributed by atoms with E-state index in [9.17, 15) is 4.39 Å². The lowest BCUT2D eigenvalue weighted by atomic mass is 9.97. The zero-order valence-corrected chi connectivity index (χ0v) is 8.92. The van der Waals surface area contributed by atoms with Gasteiger partial charge in [0.25, 0.3) is 0 Å². The molecule has 2 nitrogen and oxygen atoms in total. The van der Waals surface area contributed by atoms with Gasteiger partial charge in [0.2, 0.25) is 0 Å². The van der Waals surface area contributed by atoms with Gasteiger partial charge in [0.15, 0.2) is 0 Å². The average Bonchev–Trinajstić information content (AvgIpc) is 2.13. The maximum atomic E-state index is 12.9. The summed E-state index contributed by atoms with van der Waals surface area (Å²) >= 11 is 0. The van der Waals surface area contributed by atoms with Crippen LogP contribution in [-0.4, -0.2) is 11.5 Å². The second-order valence-electron chi connectivity index (χ2n) is 3.72. The van der Waals surface area contributed by atoms with Crippen LogP contribution in [0, 0.1) is 11.7 Å². The summed E-state index contributed by atoms with van der Waals surface area (Å²) in [5, 5.41) is 3.32. The van der Waals surface area contributed by atoms with E-state index in [2.05, 4.69) is 24.1 Å². The predicted octanol–water partition coefficient (Wildman–Crippen LogP) is 2.53. The first kappa shape index (κ1) is 11.1. The zero-order valence-electron chi connectivity index (χ0n) is 8.92. The second-order valence-corrected chi connectivity index (χ2v) is 3.72. The molecule has 0 aliphatic carbocycles. The molecule has 0 radical (unpaired) electrons. The van der Waals surface area contributed by atoms with Crippen LogP contribution in [0.25, 0.3) is 0 Å². The smallest absolute Gasteiger partial charge is 0.141 e. The number of rotatable bonds is 4. The van der Waals surface area contributed by atoms with Gasteiger partial charge in [-0.15, -0.1) is 0 Å². The highest BCUT2D eigenvalue weighted by molar-refractivity contribution is 5.15. The molecule has 0 aromatic carbocycles. The molecule has 0 bridgehead atoms. The summed E-state index contributed by atoms with van der Waals surface area (Å²) in [5.41, 5.74) is 0.918. The molecule has 0 aliphatic heterocycles. The van der Waals surface area contributed by atoms with Crippen LogP contribution in [0.1, 0.15) is 32.4 Å². The molecule has 1 aromatic rings. The largest absolute Gasteiger partial charge is 0.310 e. The van der Waals surface area contributed by atoms with Crippen LogP contribution in [-0.2, 0) is 0 Å². The summed E-state index contributed by atoms with van der Waals surface area (Å²) in [4.78, 5) is 3.85. The highest BCUT2D eigenvalue weighted by Crippen LogP contribution is 2.20. The standard InChI is InChI=1S/C11H17FN2/c1-4-14-11(8(2)3)9-5-10(12)7-13-6-9/h5-8,11,14H,4H2,1-3H3. The normalized spacial score (nSPS) is 13.2. The highest BCUT2D eigenvalue weighted by Gasteiger charge is 2.14. The summed E-state index contributed by atoms with van der Waals surface area (Å²) in [7, 11) is 0. The van der Waals surface area contributed by atoms with Crippen molar-refractivity contribution >= 4 is 0 Å². The Kier molecular flexibility index (Phi) is 4.01. The molecular weight excluding hydrogens is 179 g/mol. The van der Waals surface area contributed by atoms with Crippen LogP contribution in [0.5, 0.6) is 0 Å². The van der Waals surface area contributed by atoms with Gasteiger partial charge in [-0.05, 0) is 24.1 Å². The van der Waals surface area contributed by atoms with Crippen molar-refractivity contribution in [2.24, 2.45) is 5.92 Å². The number of pyridine rings is 1. The molecule has 1 aromatic heterocycles. The summed E-state index contributed by atoms with van der Waals surface area (Å²) < 4.78 is 12.9. The lowest BCUT2D eigenvalue weighted by Gasteiger charge is -2.21. The summed E-state index contributed by atoms with van der Waals surface area (Å²) in [6.07, 6.45) is 2.95. The molecule has 0 aliphatic rings. The van der Waals surface area contributed by atoms with Crippen molar-refractivity contribution in [3.63, 3.8) is 0 Å². The lowest BCUT2D eigenvalue weighted by Crippen LogP contribution is -2.25. The van der Waals surface area contributed by atoms with E-state index in [1.165, 1.54) is 6.20 Å². The molecule has 14 heavy (non-hydrogen) atoms. The maximum absolute atomic E-state index is 12.9. The van der Waals surface area contributed by atoms with Crippen molar-refractivity contribution in [2.75, 3.05) is 6.54 Å². The Bertz CT molecular complexity index is 286. The summed E-state index contributed by atoms with van der Waals surface area (Å²) in [6.45, 7) is 7.14. The first-order valence-corrected chi connectivity index (χ1v) is 4.99. The van der Waals surface area contributed by atoms with Crippen LogP contribution in [0.15, 0.2) is 18.5 Å². The van der Waals surface area contributed by atoms with Crippen molar-refractivity contribution in [2.45, 2.75) is 26.8 Å². The molecule has 0 fully saturated rings. The van der Waals surface area contributed by atoms with E-state index in [0.717, 1.165) is 12.1 Å². The summed E-state index contributed by atoms with van der Waals surface area (Å²) in [6, 6.07) is 1.73. The van der Waals surface area contributed by atoms with Crippen molar-refractivity contribution in [1.82, 2.24) is 10.3 Å². The van der Waals surface area contributed by atoms with Crippen LogP contribution in [0.3, 0.4) is 0 Å². The van der Waals surface area contributed by atoms with Gasteiger partial charge in [0, 0.05) is 12.2 Å². The van der Waals surface area contributed by atoms with Gasteiger partial charge >= 0.3 is 0 Å². The minimum atomic E-state index is -0.272. The van der Waals surface area contributed by atoms with Crippen LogP contribution in [0.2, 0.25) is 0 Å². The first-order chi connectivity index (χ1) is 6.65. The quantitative estimate of drug-likeness (QED) is 0.800. The topological polar surface area (TPSA) is 24.9 Å². The van der Waals surface area contributed by atoms with Crippen molar-refractivity contribution in [3.8, 4) is 0 Å². The number of halogens is 1. The van der Waals surface area contributed by atoms with Gasteiger partial charge in [-0.25, -0.2) is 4.39 Å². The Morgan fingerprint density at radius 2 is 2.14 bits per heavy atom. The van der Waals surface area contributed by atoms with Gasteiger partial charge in [0.1, 0.15) is 5.82 Å². The molecule has 78 valence electrons. The molecule has 0 saturated carbocycles. The minimum Gasteiger partial charge on any atom is -0.310 e. The molecule has 0 saturated heterocycles. The number of hydrogen-bond acceptors (Lipinski definition) is 2. The van der Waals surface area contributed by atoms with Crippen molar-refractivity contribution in [3.05, 3.63) is 29.8 Å². The molecule has 1 heterocycles.